The molecule has 9 heteroatoms. The summed E-state index contributed by atoms with van der Waals surface area (Å²) < 4.78 is 15.7. The van der Waals surface area contributed by atoms with Crippen LogP contribution in [0.2, 0.25) is 0 Å². The van der Waals surface area contributed by atoms with Gasteiger partial charge in [0.1, 0.15) is 11.5 Å². The van der Waals surface area contributed by atoms with Gasteiger partial charge in [0.2, 0.25) is 5.91 Å². The molecule has 0 radical (unpaired) electrons. The molecule has 0 saturated heterocycles. The fraction of sp³-hybridized carbons (Fsp3) is 0.100. The van der Waals surface area contributed by atoms with Gasteiger partial charge in [-0.1, -0.05) is 12.1 Å². The minimum atomic E-state index is -0.528. The molecule has 0 fully saturated rings. The number of nitrogens with zero attached hydrogens (tertiary/aromatic N) is 3. The van der Waals surface area contributed by atoms with Crippen LogP contribution in [0.3, 0.4) is 0 Å². The van der Waals surface area contributed by atoms with Crippen LogP contribution in [-0.4, -0.2) is 26.3 Å². The van der Waals surface area contributed by atoms with Gasteiger partial charge in [-0.2, -0.15) is 0 Å². The van der Waals surface area contributed by atoms with E-state index in [1.54, 1.807) is 11.3 Å². The highest BCUT2D eigenvalue weighted by atomic mass is 32.1. The summed E-state index contributed by atoms with van der Waals surface area (Å²) in [5.41, 5.74) is 6.48. The molecular weight excluding hydrogens is 393 g/mol. The van der Waals surface area contributed by atoms with Crippen molar-refractivity contribution in [2.24, 2.45) is 0 Å². The van der Waals surface area contributed by atoms with Gasteiger partial charge in [-0.15, -0.1) is 11.3 Å². The maximum absolute atomic E-state index is 13.1. The van der Waals surface area contributed by atoms with Crippen LogP contribution in [0.15, 0.2) is 61.1 Å². The Morgan fingerprint density at radius 3 is 2.66 bits per heavy atom. The van der Waals surface area contributed by atoms with Gasteiger partial charge < -0.3 is 0 Å². The van der Waals surface area contributed by atoms with E-state index >= 15 is 0 Å². The molecule has 4 aromatic rings. The average molecular weight is 409 g/mol. The number of amides is 2. The molecule has 0 aliphatic rings. The molecule has 0 aliphatic carbocycles. The fourth-order valence-electron chi connectivity index (χ4n) is 2.77. The number of fused-ring (bicyclic) bond motifs is 1. The molecule has 0 spiro atoms. The van der Waals surface area contributed by atoms with Crippen molar-refractivity contribution in [3.8, 4) is 5.69 Å². The van der Waals surface area contributed by atoms with E-state index in [2.05, 4.69) is 20.8 Å². The molecule has 0 saturated carbocycles. The van der Waals surface area contributed by atoms with E-state index in [-0.39, 0.29) is 23.8 Å². The van der Waals surface area contributed by atoms with E-state index in [0.29, 0.717) is 12.1 Å². The standard InChI is InChI=1S/C20H16FN5O2S/c21-13-5-7-14(8-6-13)26-12-22-11-16(26)20(28)25-24-18(27)9-10-19-23-15-3-1-2-4-17(15)29-19/h1-8,11-12H,9-10H2,(H,24,27)(H,25,28). The first-order chi connectivity index (χ1) is 14.1. The molecule has 29 heavy (non-hydrogen) atoms. The first-order valence-corrected chi connectivity index (χ1v) is 9.64. The van der Waals surface area contributed by atoms with E-state index in [4.69, 9.17) is 0 Å². The first kappa shape index (κ1) is 18.8. The van der Waals surface area contributed by atoms with Gasteiger partial charge in [0.05, 0.1) is 27.7 Å². The molecule has 0 unspecified atom stereocenters. The van der Waals surface area contributed by atoms with Crippen molar-refractivity contribution in [2.45, 2.75) is 12.8 Å². The van der Waals surface area contributed by atoms with Gasteiger partial charge in [-0.3, -0.25) is 25.0 Å². The molecule has 146 valence electrons. The predicted molar refractivity (Wildman–Crippen MR) is 107 cm³/mol. The number of aryl methyl sites for hydroxylation is 1. The highest BCUT2D eigenvalue weighted by Crippen LogP contribution is 2.22. The van der Waals surface area contributed by atoms with Crippen LogP contribution in [0.1, 0.15) is 21.9 Å². The van der Waals surface area contributed by atoms with Crippen LogP contribution in [0.25, 0.3) is 15.9 Å². The van der Waals surface area contributed by atoms with Crippen molar-refractivity contribution in [1.29, 1.82) is 0 Å². The van der Waals surface area contributed by atoms with E-state index < -0.39 is 5.91 Å². The Morgan fingerprint density at radius 2 is 1.86 bits per heavy atom. The lowest BCUT2D eigenvalue weighted by Gasteiger charge is -2.09. The lowest BCUT2D eigenvalue weighted by Crippen LogP contribution is -2.42. The lowest BCUT2D eigenvalue weighted by molar-refractivity contribution is -0.121. The van der Waals surface area contributed by atoms with Crippen molar-refractivity contribution in [2.75, 3.05) is 0 Å². The van der Waals surface area contributed by atoms with Crippen LogP contribution in [-0.2, 0) is 11.2 Å². The number of nitrogens with one attached hydrogen (secondary N) is 2. The summed E-state index contributed by atoms with van der Waals surface area (Å²) in [6.07, 6.45) is 3.48. The molecule has 0 aliphatic heterocycles. The highest BCUT2D eigenvalue weighted by Gasteiger charge is 2.14. The van der Waals surface area contributed by atoms with Gasteiger partial charge in [0, 0.05) is 18.5 Å². The quantitative estimate of drug-likeness (QED) is 0.496. The summed E-state index contributed by atoms with van der Waals surface area (Å²) in [7, 11) is 0. The summed E-state index contributed by atoms with van der Waals surface area (Å²) in [5, 5.41) is 0.863. The summed E-state index contributed by atoms with van der Waals surface area (Å²) in [4.78, 5) is 32.9. The highest BCUT2D eigenvalue weighted by molar-refractivity contribution is 7.18. The molecule has 2 N–H and O–H groups in total. The summed E-state index contributed by atoms with van der Waals surface area (Å²) in [6.45, 7) is 0. The number of hydrogen-bond acceptors (Lipinski definition) is 5. The van der Waals surface area contributed by atoms with Crippen molar-refractivity contribution < 1.29 is 14.0 Å². The number of halogens is 1. The number of hydrazine groups is 1. The predicted octanol–water partition coefficient (Wildman–Crippen LogP) is 3.01. The number of thiazole rings is 1. The number of benzene rings is 2. The molecule has 2 aromatic carbocycles. The minimum Gasteiger partial charge on any atom is -0.295 e. The van der Waals surface area contributed by atoms with Gasteiger partial charge in [0.15, 0.2) is 0 Å². The smallest absolute Gasteiger partial charge is 0.288 e. The Hall–Kier alpha value is -3.59. The zero-order valence-electron chi connectivity index (χ0n) is 15.1. The summed E-state index contributed by atoms with van der Waals surface area (Å²) >= 11 is 1.55. The van der Waals surface area contributed by atoms with Gasteiger partial charge >= 0.3 is 0 Å². The molecular formula is C20H16FN5O2S. The van der Waals surface area contributed by atoms with E-state index in [1.807, 2.05) is 24.3 Å². The maximum Gasteiger partial charge on any atom is 0.288 e. The number of carbonyl (C=O) groups excluding carboxylic acids is 2. The van der Waals surface area contributed by atoms with Crippen molar-refractivity contribution in [1.82, 2.24) is 25.4 Å². The second-order valence-electron chi connectivity index (χ2n) is 6.20. The maximum atomic E-state index is 13.1. The number of imidazole rings is 1. The second-order valence-corrected chi connectivity index (χ2v) is 7.32. The number of carbonyl (C=O) groups is 2. The monoisotopic (exact) mass is 409 g/mol. The van der Waals surface area contributed by atoms with Crippen LogP contribution < -0.4 is 10.9 Å². The third kappa shape index (κ3) is 4.30. The van der Waals surface area contributed by atoms with E-state index in [0.717, 1.165) is 15.2 Å². The zero-order valence-corrected chi connectivity index (χ0v) is 15.9. The molecule has 0 bridgehead atoms. The lowest BCUT2D eigenvalue weighted by atomic mass is 10.3. The van der Waals surface area contributed by atoms with Crippen LogP contribution in [0.4, 0.5) is 4.39 Å². The summed E-state index contributed by atoms with van der Waals surface area (Å²) in [6, 6.07) is 13.4. The molecule has 2 heterocycles. The minimum absolute atomic E-state index is 0.192. The van der Waals surface area contributed by atoms with Gasteiger partial charge in [-0.05, 0) is 36.4 Å². The normalized spacial score (nSPS) is 10.8. The third-order valence-corrected chi connectivity index (χ3v) is 5.29. The number of para-hydroxylation sites is 1. The fourth-order valence-corrected chi connectivity index (χ4v) is 3.74. The molecule has 2 aromatic heterocycles. The number of aromatic nitrogens is 3. The van der Waals surface area contributed by atoms with Crippen molar-refractivity contribution in [3.05, 3.63) is 77.6 Å². The molecule has 7 nitrogen and oxygen atoms in total. The van der Waals surface area contributed by atoms with Crippen LogP contribution >= 0.6 is 11.3 Å². The van der Waals surface area contributed by atoms with E-state index in [1.165, 1.54) is 41.4 Å². The van der Waals surface area contributed by atoms with Gasteiger partial charge in [-0.25, -0.2) is 14.4 Å². The third-order valence-electron chi connectivity index (χ3n) is 4.20. The zero-order chi connectivity index (χ0) is 20.2. The SMILES string of the molecule is O=C(CCc1nc2ccccc2s1)NNC(=O)c1cncn1-c1ccc(F)cc1. The van der Waals surface area contributed by atoms with E-state index in [9.17, 15) is 14.0 Å². The Kier molecular flexibility index (Phi) is 5.30. The van der Waals surface area contributed by atoms with Crippen LogP contribution in [0.5, 0.6) is 0 Å². The van der Waals surface area contributed by atoms with Crippen molar-refractivity contribution in [3.63, 3.8) is 0 Å². The molecule has 4 rings (SSSR count). The molecule has 0 atom stereocenters. The first-order valence-electron chi connectivity index (χ1n) is 8.82. The Balaban J connectivity index is 1.33. The molecule has 2 amide bonds. The van der Waals surface area contributed by atoms with Gasteiger partial charge in [0.25, 0.3) is 5.91 Å². The number of hydrogen-bond donors (Lipinski definition) is 2. The topological polar surface area (TPSA) is 88.9 Å². The average Bonchev–Trinajstić information content (AvgIpc) is 3.38. The summed E-state index contributed by atoms with van der Waals surface area (Å²) in [5.74, 6) is -1.23. The Morgan fingerprint density at radius 1 is 1.07 bits per heavy atom. The largest absolute Gasteiger partial charge is 0.295 e. The van der Waals surface area contributed by atoms with Crippen molar-refractivity contribution >= 4 is 33.4 Å². The van der Waals surface area contributed by atoms with Crippen LogP contribution in [0, 0.1) is 5.82 Å². The Bertz CT molecular complexity index is 1140. The Labute approximate surface area is 169 Å². The second kappa shape index (κ2) is 8.19. The number of rotatable bonds is 5.